The molecule has 17 heavy (non-hydrogen) atoms. The third-order valence-corrected chi connectivity index (χ3v) is 3.55. The van der Waals surface area contributed by atoms with Crippen molar-refractivity contribution in [3.05, 3.63) is 23.8 Å². The zero-order valence-electron chi connectivity index (χ0n) is 11.9. The van der Waals surface area contributed by atoms with Gasteiger partial charge >= 0.3 is 0 Å². The molecular weight excluding hydrogens is 323 g/mol. The van der Waals surface area contributed by atoms with Gasteiger partial charge in [0.2, 0.25) is 0 Å². The van der Waals surface area contributed by atoms with E-state index in [0.29, 0.717) is 0 Å². The van der Waals surface area contributed by atoms with Crippen molar-refractivity contribution < 1.29 is 4.74 Å². The molecule has 0 saturated carbocycles. The van der Waals surface area contributed by atoms with Gasteiger partial charge in [0.15, 0.2) is 0 Å². The van der Waals surface area contributed by atoms with Gasteiger partial charge in [0.05, 0.1) is 5.60 Å². The van der Waals surface area contributed by atoms with Crippen LogP contribution in [0.3, 0.4) is 0 Å². The van der Waals surface area contributed by atoms with E-state index in [1.165, 1.54) is 12.0 Å². The standard InChI is InChI=1S/C15H27IO/c1-13(9-11-15(3,4)17-5)7-6-8-14(2)10-12-16/h6,8,10,13H,7,9,11-12H2,1-5H3. The molecule has 0 rings (SSSR count). The van der Waals surface area contributed by atoms with E-state index in [2.05, 4.69) is 68.5 Å². The molecule has 0 amide bonds. The van der Waals surface area contributed by atoms with E-state index in [1.54, 1.807) is 7.11 Å². The molecule has 0 radical (unpaired) electrons. The monoisotopic (exact) mass is 350 g/mol. The predicted octanol–water partition coefficient (Wildman–Crippen LogP) is 5.16. The van der Waals surface area contributed by atoms with Crippen molar-refractivity contribution in [3.63, 3.8) is 0 Å². The first kappa shape index (κ1) is 17.2. The van der Waals surface area contributed by atoms with E-state index in [1.807, 2.05) is 0 Å². The lowest BCUT2D eigenvalue weighted by molar-refractivity contribution is 0.0109. The Hall–Kier alpha value is 0.170. The van der Waals surface area contributed by atoms with Crippen LogP contribution in [0.1, 0.15) is 47.0 Å². The molecule has 0 aliphatic carbocycles. The van der Waals surface area contributed by atoms with Crippen LogP contribution in [0.25, 0.3) is 0 Å². The van der Waals surface area contributed by atoms with Crippen molar-refractivity contribution in [2.45, 2.75) is 52.6 Å². The minimum atomic E-state index is 0.0228. The molecule has 2 heteroatoms. The molecule has 0 spiro atoms. The largest absolute Gasteiger partial charge is 0.379 e. The first-order valence-electron chi connectivity index (χ1n) is 6.35. The van der Waals surface area contributed by atoms with Crippen molar-refractivity contribution in [2.75, 3.05) is 11.5 Å². The van der Waals surface area contributed by atoms with Crippen LogP contribution in [-0.2, 0) is 4.74 Å². The molecule has 100 valence electrons. The Morgan fingerprint density at radius 2 is 2.06 bits per heavy atom. The van der Waals surface area contributed by atoms with Gasteiger partial charge in [-0.1, -0.05) is 53.3 Å². The maximum atomic E-state index is 5.43. The average molecular weight is 350 g/mol. The Labute approximate surface area is 121 Å². The summed E-state index contributed by atoms with van der Waals surface area (Å²) in [5, 5.41) is 0. The van der Waals surface area contributed by atoms with E-state index >= 15 is 0 Å². The highest BCUT2D eigenvalue weighted by Crippen LogP contribution is 2.21. The molecule has 0 aromatic rings. The Kier molecular flexibility index (Phi) is 9.24. The summed E-state index contributed by atoms with van der Waals surface area (Å²) in [6.07, 6.45) is 10.3. The first-order chi connectivity index (χ1) is 7.91. The fourth-order valence-corrected chi connectivity index (χ4v) is 2.18. The van der Waals surface area contributed by atoms with E-state index in [9.17, 15) is 0 Å². The maximum absolute atomic E-state index is 5.43. The van der Waals surface area contributed by atoms with E-state index in [4.69, 9.17) is 4.74 Å². The highest BCUT2D eigenvalue weighted by atomic mass is 127. The highest BCUT2D eigenvalue weighted by molar-refractivity contribution is 14.1. The van der Waals surface area contributed by atoms with Gasteiger partial charge in [-0.2, -0.15) is 0 Å². The van der Waals surface area contributed by atoms with E-state index in [-0.39, 0.29) is 5.60 Å². The topological polar surface area (TPSA) is 9.23 Å². The molecule has 0 aliphatic heterocycles. The highest BCUT2D eigenvalue weighted by Gasteiger charge is 2.16. The number of ether oxygens (including phenoxy) is 1. The second-order valence-corrected chi connectivity index (χ2v) is 6.23. The third-order valence-electron chi connectivity index (χ3n) is 3.11. The lowest BCUT2D eigenvalue weighted by atomic mass is 9.94. The van der Waals surface area contributed by atoms with Crippen molar-refractivity contribution >= 4 is 22.6 Å². The SMILES string of the molecule is COC(C)(C)CCC(C)CC=CC(C)=CCI. The smallest absolute Gasteiger partial charge is 0.0622 e. The molecule has 1 atom stereocenters. The van der Waals surface area contributed by atoms with Gasteiger partial charge in [-0.15, -0.1) is 0 Å². The van der Waals surface area contributed by atoms with Crippen LogP contribution in [0.2, 0.25) is 0 Å². The molecule has 0 heterocycles. The number of hydrogen-bond acceptors (Lipinski definition) is 1. The number of methoxy groups -OCH3 is 1. The van der Waals surface area contributed by atoms with Gasteiger partial charge in [-0.05, 0) is 46.0 Å². The summed E-state index contributed by atoms with van der Waals surface area (Å²) in [4.78, 5) is 0. The lowest BCUT2D eigenvalue weighted by Crippen LogP contribution is -2.22. The van der Waals surface area contributed by atoms with Gasteiger partial charge < -0.3 is 4.74 Å². The van der Waals surface area contributed by atoms with Gasteiger partial charge in [-0.25, -0.2) is 0 Å². The number of halogens is 1. The fourth-order valence-electron chi connectivity index (χ4n) is 1.49. The van der Waals surface area contributed by atoms with Crippen LogP contribution in [0, 0.1) is 5.92 Å². The third kappa shape index (κ3) is 9.83. The zero-order chi connectivity index (χ0) is 13.3. The number of rotatable bonds is 8. The molecule has 1 unspecified atom stereocenters. The van der Waals surface area contributed by atoms with Crippen LogP contribution < -0.4 is 0 Å². The molecule has 0 bridgehead atoms. The summed E-state index contributed by atoms with van der Waals surface area (Å²) in [6.45, 7) is 8.78. The molecule has 1 nitrogen and oxygen atoms in total. The first-order valence-corrected chi connectivity index (χ1v) is 7.88. The second-order valence-electron chi connectivity index (χ2n) is 5.35. The second kappa shape index (κ2) is 9.15. The van der Waals surface area contributed by atoms with Crippen molar-refractivity contribution in [3.8, 4) is 0 Å². The molecule has 0 aromatic heterocycles. The molecule has 0 saturated heterocycles. The van der Waals surface area contributed by atoms with Crippen LogP contribution in [0.5, 0.6) is 0 Å². The minimum Gasteiger partial charge on any atom is -0.379 e. The van der Waals surface area contributed by atoms with E-state index < -0.39 is 0 Å². The normalized spacial score (nSPS) is 15.5. The summed E-state index contributed by atoms with van der Waals surface area (Å²) in [5.74, 6) is 0.730. The predicted molar refractivity (Wildman–Crippen MR) is 85.9 cm³/mol. The Morgan fingerprint density at radius 3 is 2.59 bits per heavy atom. The van der Waals surface area contributed by atoms with Crippen LogP contribution in [-0.4, -0.2) is 17.1 Å². The molecular formula is C15H27IO. The number of hydrogen-bond donors (Lipinski definition) is 0. The fraction of sp³-hybridized carbons (Fsp3) is 0.733. The Morgan fingerprint density at radius 1 is 1.41 bits per heavy atom. The van der Waals surface area contributed by atoms with E-state index in [0.717, 1.165) is 23.2 Å². The summed E-state index contributed by atoms with van der Waals surface area (Å²) in [6, 6.07) is 0. The Balaban J connectivity index is 3.88. The van der Waals surface area contributed by atoms with Gasteiger partial charge in [0, 0.05) is 11.5 Å². The number of alkyl halides is 1. The number of allylic oxidation sites excluding steroid dienone is 4. The van der Waals surface area contributed by atoms with Crippen LogP contribution in [0.15, 0.2) is 23.8 Å². The lowest BCUT2D eigenvalue weighted by Gasteiger charge is -2.24. The van der Waals surface area contributed by atoms with Gasteiger partial charge in [0.25, 0.3) is 0 Å². The summed E-state index contributed by atoms with van der Waals surface area (Å²) < 4.78 is 6.52. The average Bonchev–Trinajstić information content (AvgIpc) is 2.27. The quantitative estimate of drug-likeness (QED) is 0.334. The Bertz CT molecular complexity index is 254. The van der Waals surface area contributed by atoms with Crippen molar-refractivity contribution in [1.29, 1.82) is 0 Å². The maximum Gasteiger partial charge on any atom is 0.0622 e. The molecule has 0 fully saturated rings. The molecule has 0 N–H and O–H groups in total. The van der Waals surface area contributed by atoms with Gasteiger partial charge in [0.1, 0.15) is 0 Å². The zero-order valence-corrected chi connectivity index (χ0v) is 14.1. The summed E-state index contributed by atoms with van der Waals surface area (Å²) in [7, 11) is 1.79. The van der Waals surface area contributed by atoms with Gasteiger partial charge in [-0.3, -0.25) is 0 Å². The summed E-state index contributed by atoms with van der Waals surface area (Å²) >= 11 is 2.37. The van der Waals surface area contributed by atoms with Crippen LogP contribution in [0.4, 0.5) is 0 Å². The van der Waals surface area contributed by atoms with Crippen molar-refractivity contribution in [2.24, 2.45) is 5.92 Å². The molecule has 0 aliphatic rings. The van der Waals surface area contributed by atoms with Crippen LogP contribution >= 0.6 is 22.6 Å². The van der Waals surface area contributed by atoms with Crippen molar-refractivity contribution in [1.82, 2.24) is 0 Å². The summed E-state index contributed by atoms with van der Waals surface area (Å²) in [5.41, 5.74) is 1.39. The molecule has 0 aromatic carbocycles. The minimum absolute atomic E-state index is 0.0228.